The van der Waals surface area contributed by atoms with E-state index in [9.17, 15) is 13.2 Å². The zero-order chi connectivity index (χ0) is 9.61. The summed E-state index contributed by atoms with van der Waals surface area (Å²) in [6.07, 6.45) is -1.99. The van der Waals surface area contributed by atoms with Gasteiger partial charge in [0.25, 0.3) is 0 Å². The molecule has 0 aliphatic carbocycles. The lowest BCUT2D eigenvalue weighted by Crippen LogP contribution is -2.33. The minimum Gasteiger partial charge on any atom is -0.343 e. The lowest BCUT2D eigenvalue weighted by molar-refractivity contribution is -0.0612. The third-order valence-electron chi connectivity index (χ3n) is 0.919. The highest BCUT2D eigenvalue weighted by Gasteiger charge is 2.34. The van der Waals surface area contributed by atoms with Gasteiger partial charge in [0.05, 0.1) is 0 Å². The third-order valence-corrected chi connectivity index (χ3v) is 1.10. The summed E-state index contributed by atoms with van der Waals surface area (Å²) in [6.45, 7) is 0. The van der Waals surface area contributed by atoms with Gasteiger partial charge in [-0.2, -0.15) is 13.2 Å². The van der Waals surface area contributed by atoms with Gasteiger partial charge in [-0.1, -0.05) is 6.08 Å². The molecule has 0 atom stereocenters. The number of alkyl halides is 4. The largest absolute Gasteiger partial charge is 0.449 e. The molecule has 70 valence electrons. The molecule has 0 aromatic carbocycles. The van der Waals surface area contributed by atoms with Crippen molar-refractivity contribution >= 4 is 17.4 Å². The van der Waals surface area contributed by atoms with Gasteiger partial charge < -0.3 is 5.32 Å². The first kappa shape index (κ1) is 11.3. The van der Waals surface area contributed by atoms with Crippen LogP contribution in [0.3, 0.4) is 0 Å². The SMILES string of the molecule is CN=C(N/C=C\CCl)C(F)(F)F. The van der Waals surface area contributed by atoms with E-state index < -0.39 is 12.0 Å². The Morgan fingerprint density at radius 2 is 2.17 bits per heavy atom. The van der Waals surface area contributed by atoms with Crippen molar-refractivity contribution in [2.75, 3.05) is 12.9 Å². The molecule has 0 aliphatic heterocycles. The maximum absolute atomic E-state index is 11.9. The number of rotatable bonds is 2. The van der Waals surface area contributed by atoms with Gasteiger partial charge in [-0.25, -0.2) is 0 Å². The summed E-state index contributed by atoms with van der Waals surface area (Å²) < 4.78 is 35.7. The van der Waals surface area contributed by atoms with Crippen molar-refractivity contribution in [1.82, 2.24) is 5.32 Å². The van der Waals surface area contributed by atoms with Gasteiger partial charge in [0, 0.05) is 12.9 Å². The van der Waals surface area contributed by atoms with Crippen molar-refractivity contribution in [3.63, 3.8) is 0 Å². The number of hydrogen-bond donors (Lipinski definition) is 1. The molecule has 0 saturated carbocycles. The summed E-state index contributed by atoms with van der Waals surface area (Å²) >= 11 is 5.19. The molecule has 2 nitrogen and oxygen atoms in total. The first-order valence-corrected chi connectivity index (χ1v) is 3.57. The highest BCUT2D eigenvalue weighted by atomic mass is 35.5. The highest BCUT2D eigenvalue weighted by Crippen LogP contribution is 2.15. The van der Waals surface area contributed by atoms with Gasteiger partial charge in [-0.05, 0) is 6.20 Å². The minimum absolute atomic E-state index is 0.155. The molecule has 1 N–H and O–H groups in total. The highest BCUT2D eigenvalue weighted by molar-refractivity contribution is 6.18. The van der Waals surface area contributed by atoms with E-state index in [0.717, 1.165) is 13.2 Å². The fourth-order valence-electron chi connectivity index (χ4n) is 0.456. The van der Waals surface area contributed by atoms with Gasteiger partial charge in [-0.15, -0.1) is 11.6 Å². The Morgan fingerprint density at radius 1 is 1.58 bits per heavy atom. The van der Waals surface area contributed by atoms with Gasteiger partial charge in [0.2, 0.25) is 5.84 Å². The zero-order valence-electron chi connectivity index (χ0n) is 6.32. The molecule has 0 spiro atoms. The molecule has 0 aliphatic rings. The second-order valence-electron chi connectivity index (χ2n) is 1.77. The molecule has 0 aromatic heterocycles. The van der Waals surface area contributed by atoms with Crippen LogP contribution in [0.15, 0.2) is 17.3 Å². The Hall–Kier alpha value is -0.710. The average molecular weight is 201 g/mol. The van der Waals surface area contributed by atoms with E-state index in [4.69, 9.17) is 11.6 Å². The lowest BCUT2D eigenvalue weighted by atomic mass is 10.5. The molecular weight excluding hydrogens is 193 g/mol. The van der Waals surface area contributed by atoms with Gasteiger partial charge in [0.1, 0.15) is 0 Å². The predicted molar refractivity (Wildman–Crippen MR) is 42.4 cm³/mol. The molecule has 0 amide bonds. The van der Waals surface area contributed by atoms with Crippen LogP contribution in [0.1, 0.15) is 0 Å². The van der Waals surface area contributed by atoms with E-state index in [0.29, 0.717) is 0 Å². The van der Waals surface area contributed by atoms with Crippen molar-refractivity contribution in [2.24, 2.45) is 4.99 Å². The quantitative estimate of drug-likeness (QED) is 0.411. The summed E-state index contributed by atoms with van der Waals surface area (Å²) in [5.41, 5.74) is 0. The topological polar surface area (TPSA) is 24.4 Å². The van der Waals surface area contributed by atoms with Crippen LogP contribution in [0.25, 0.3) is 0 Å². The number of allylic oxidation sites excluding steroid dienone is 1. The Bertz CT molecular complexity index is 186. The maximum atomic E-state index is 11.9. The Kier molecular flexibility index (Phi) is 4.73. The first-order valence-electron chi connectivity index (χ1n) is 3.04. The van der Waals surface area contributed by atoms with Crippen LogP contribution in [0.4, 0.5) is 13.2 Å². The number of halogens is 4. The minimum atomic E-state index is -4.44. The Balaban J connectivity index is 4.13. The molecule has 0 unspecified atom stereocenters. The zero-order valence-corrected chi connectivity index (χ0v) is 7.08. The summed E-state index contributed by atoms with van der Waals surface area (Å²) in [6, 6.07) is 0. The van der Waals surface area contributed by atoms with E-state index in [1.165, 1.54) is 6.08 Å². The van der Waals surface area contributed by atoms with Crippen LogP contribution in [0, 0.1) is 0 Å². The molecule has 0 fully saturated rings. The van der Waals surface area contributed by atoms with Gasteiger partial charge >= 0.3 is 6.18 Å². The lowest BCUT2D eigenvalue weighted by Gasteiger charge is -2.08. The summed E-state index contributed by atoms with van der Waals surface area (Å²) in [4.78, 5) is 3.02. The van der Waals surface area contributed by atoms with E-state index in [2.05, 4.69) is 4.99 Å². The number of aliphatic imine (C=N–C) groups is 1. The van der Waals surface area contributed by atoms with Crippen LogP contribution in [0.2, 0.25) is 0 Å². The molecule has 6 heteroatoms. The molecule has 12 heavy (non-hydrogen) atoms. The van der Waals surface area contributed by atoms with Crippen molar-refractivity contribution < 1.29 is 13.2 Å². The van der Waals surface area contributed by atoms with Crippen LogP contribution < -0.4 is 5.32 Å². The Labute approximate surface area is 73.1 Å². The molecule has 0 bridgehead atoms. The molecule has 0 rings (SSSR count). The summed E-state index contributed by atoms with van der Waals surface area (Å²) in [5.74, 6) is -0.883. The molecule has 0 saturated heterocycles. The van der Waals surface area contributed by atoms with Crippen LogP contribution in [-0.2, 0) is 0 Å². The van der Waals surface area contributed by atoms with Gasteiger partial charge in [0.15, 0.2) is 0 Å². The fraction of sp³-hybridized carbons (Fsp3) is 0.500. The van der Waals surface area contributed by atoms with Crippen molar-refractivity contribution in [1.29, 1.82) is 0 Å². The fourth-order valence-corrected chi connectivity index (χ4v) is 0.545. The smallest absolute Gasteiger partial charge is 0.343 e. The number of nitrogens with zero attached hydrogens (tertiary/aromatic N) is 1. The van der Waals surface area contributed by atoms with Crippen LogP contribution >= 0.6 is 11.6 Å². The van der Waals surface area contributed by atoms with Crippen molar-refractivity contribution in [2.45, 2.75) is 6.18 Å². The standard InChI is InChI=1S/C6H8ClF3N2/c1-11-5(6(8,9)10)12-4-2-3-7/h2,4H,3H2,1H3,(H,11,12)/b4-2-. The van der Waals surface area contributed by atoms with Crippen molar-refractivity contribution in [3.05, 3.63) is 12.3 Å². The normalized spacial score (nSPS) is 13.9. The van der Waals surface area contributed by atoms with Crippen LogP contribution in [0.5, 0.6) is 0 Å². The number of nitrogens with one attached hydrogen (secondary N) is 1. The molecular formula is C6H8ClF3N2. The summed E-state index contributed by atoms with van der Waals surface area (Å²) in [7, 11) is 1.06. The van der Waals surface area contributed by atoms with Crippen LogP contribution in [-0.4, -0.2) is 24.9 Å². The molecule has 0 radical (unpaired) electrons. The first-order chi connectivity index (χ1) is 5.52. The monoisotopic (exact) mass is 200 g/mol. The summed E-state index contributed by atoms with van der Waals surface area (Å²) in [5, 5.41) is 1.97. The second-order valence-corrected chi connectivity index (χ2v) is 2.08. The van der Waals surface area contributed by atoms with E-state index in [-0.39, 0.29) is 5.88 Å². The second kappa shape index (κ2) is 5.03. The number of hydrogen-bond acceptors (Lipinski definition) is 1. The van der Waals surface area contributed by atoms with E-state index in [1.54, 1.807) is 0 Å². The van der Waals surface area contributed by atoms with Gasteiger partial charge in [-0.3, -0.25) is 4.99 Å². The molecule has 0 aromatic rings. The number of amidine groups is 1. The molecule has 0 heterocycles. The predicted octanol–water partition coefficient (Wildman–Crippen LogP) is 1.92. The average Bonchev–Trinajstić information content (AvgIpc) is 1.95. The van der Waals surface area contributed by atoms with E-state index in [1.807, 2.05) is 5.32 Å². The van der Waals surface area contributed by atoms with E-state index >= 15 is 0 Å². The maximum Gasteiger partial charge on any atom is 0.449 e. The third kappa shape index (κ3) is 4.23. The van der Waals surface area contributed by atoms with Crippen molar-refractivity contribution in [3.8, 4) is 0 Å². The Morgan fingerprint density at radius 3 is 2.50 bits per heavy atom.